The van der Waals surface area contributed by atoms with Crippen molar-refractivity contribution in [1.82, 2.24) is 18.9 Å². The van der Waals surface area contributed by atoms with E-state index in [1.165, 1.54) is 19.3 Å². The van der Waals surface area contributed by atoms with Crippen LogP contribution >= 0.6 is 0 Å². The Kier molecular flexibility index (Phi) is 4.27. The van der Waals surface area contributed by atoms with E-state index in [0.29, 0.717) is 18.8 Å². The van der Waals surface area contributed by atoms with Gasteiger partial charge >= 0.3 is 0 Å². The number of piperidine rings is 1. The van der Waals surface area contributed by atoms with Crippen LogP contribution in [0.3, 0.4) is 0 Å². The Morgan fingerprint density at radius 2 is 1.85 bits per heavy atom. The first-order chi connectivity index (χ1) is 13.0. The SMILES string of the molecule is O=S(=O)(CC12CCC(CC1)CC2)N1CCCC(c2nnc3ccccn23)C1. The number of rotatable bonds is 4. The van der Waals surface area contributed by atoms with Crippen molar-refractivity contribution in [3.8, 4) is 0 Å². The first-order valence-electron chi connectivity index (χ1n) is 10.3. The molecule has 4 aliphatic rings. The summed E-state index contributed by atoms with van der Waals surface area (Å²) in [6.45, 7) is 1.19. The summed E-state index contributed by atoms with van der Waals surface area (Å²) in [5.41, 5.74) is 0.868. The molecular weight excluding hydrogens is 360 g/mol. The zero-order chi connectivity index (χ0) is 18.5. The largest absolute Gasteiger partial charge is 0.286 e. The molecule has 1 aliphatic heterocycles. The van der Waals surface area contributed by atoms with Gasteiger partial charge in [-0.25, -0.2) is 12.7 Å². The Morgan fingerprint density at radius 3 is 2.63 bits per heavy atom. The molecule has 27 heavy (non-hydrogen) atoms. The number of sulfonamides is 1. The van der Waals surface area contributed by atoms with Crippen LogP contribution in [0, 0.1) is 11.3 Å². The Hall–Kier alpha value is -1.47. The lowest BCUT2D eigenvalue weighted by molar-refractivity contribution is 0.0845. The molecule has 6 rings (SSSR count). The molecule has 146 valence electrons. The predicted molar refractivity (Wildman–Crippen MR) is 104 cm³/mol. The van der Waals surface area contributed by atoms with Crippen LogP contribution in [0.4, 0.5) is 0 Å². The van der Waals surface area contributed by atoms with Crippen LogP contribution in [0.5, 0.6) is 0 Å². The van der Waals surface area contributed by atoms with Gasteiger partial charge in [0.15, 0.2) is 5.65 Å². The fraction of sp³-hybridized carbons (Fsp3) is 0.700. The summed E-state index contributed by atoms with van der Waals surface area (Å²) < 4.78 is 30.3. The van der Waals surface area contributed by atoms with Gasteiger partial charge in [0.25, 0.3) is 0 Å². The van der Waals surface area contributed by atoms with Crippen molar-refractivity contribution in [2.75, 3.05) is 18.8 Å². The summed E-state index contributed by atoms with van der Waals surface area (Å²) in [4.78, 5) is 0. The first kappa shape index (κ1) is 17.6. The molecule has 0 N–H and O–H groups in total. The third-order valence-electron chi connectivity index (χ3n) is 7.22. The molecule has 4 fully saturated rings. The lowest BCUT2D eigenvalue weighted by atomic mass is 9.62. The summed E-state index contributed by atoms with van der Waals surface area (Å²) in [5, 5.41) is 8.63. The van der Waals surface area contributed by atoms with Crippen molar-refractivity contribution in [2.24, 2.45) is 11.3 Å². The molecule has 1 unspecified atom stereocenters. The quantitative estimate of drug-likeness (QED) is 0.807. The fourth-order valence-corrected chi connectivity index (χ4v) is 7.78. The highest BCUT2D eigenvalue weighted by atomic mass is 32.2. The molecule has 0 spiro atoms. The molecule has 3 aliphatic carbocycles. The second-order valence-corrected chi connectivity index (χ2v) is 10.9. The number of hydrogen-bond donors (Lipinski definition) is 0. The molecule has 1 saturated heterocycles. The van der Waals surface area contributed by atoms with Crippen LogP contribution in [0.15, 0.2) is 24.4 Å². The average molecular weight is 389 g/mol. The Morgan fingerprint density at radius 1 is 1.07 bits per heavy atom. The normalized spacial score (nSPS) is 32.1. The molecule has 2 aromatic rings. The number of hydrogen-bond acceptors (Lipinski definition) is 4. The lowest BCUT2D eigenvalue weighted by Crippen LogP contribution is -2.46. The molecule has 6 nitrogen and oxygen atoms in total. The second kappa shape index (κ2) is 6.55. The predicted octanol–water partition coefficient (Wildman–Crippen LogP) is 3.21. The van der Waals surface area contributed by atoms with E-state index in [9.17, 15) is 8.42 Å². The van der Waals surface area contributed by atoms with Crippen molar-refractivity contribution in [3.63, 3.8) is 0 Å². The summed E-state index contributed by atoms with van der Waals surface area (Å²) in [7, 11) is -3.23. The highest BCUT2D eigenvalue weighted by Gasteiger charge is 2.45. The maximum absolute atomic E-state index is 13.3. The van der Waals surface area contributed by atoms with E-state index < -0.39 is 10.0 Å². The van der Waals surface area contributed by atoms with Gasteiger partial charge in [-0.2, -0.15) is 0 Å². The van der Waals surface area contributed by atoms with Crippen LogP contribution in [0.25, 0.3) is 5.65 Å². The molecule has 0 aromatic carbocycles. The van der Waals surface area contributed by atoms with Crippen molar-refractivity contribution in [1.29, 1.82) is 0 Å². The Labute approximate surface area is 161 Å². The van der Waals surface area contributed by atoms with Gasteiger partial charge in [0.05, 0.1) is 5.75 Å². The maximum Gasteiger partial charge on any atom is 0.214 e. The fourth-order valence-electron chi connectivity index (χ4n) is 5.58. The maximum atomic E-state index is 13.3. The van der Waals surface area contributed by atoms with Crippen molar-refractivity contribution < 1.29 is 8.42 Å². The minimum atomic E-state index is -3.23. The minimum Gasteiger partial charge on any atom is -0.286 e. The third-order valence-corrected chi connectivity index (χ3v) is 9.32. The van der Waals surface area contributed by atoms with Crippen LogP contribution in [0.2, 0.25) is 0 Å². The summed E-state index contributed by atoms with van der Waals surface area (Å²) in [6, 6.07) is 5.85. The lowest BCUT2D eigenvalue weighted by Gasteiger charge is -2.47. The van der Waals surface area contributed by atoms with E-state index >= 15 is 0 Å². The molecule has 7 heteroatoms. The van der Waals surface area contributed by atoms with E-state index in [1.54, 1.807) is 4.31 Å². The van der Waals surface area contributed by atoms with Crippen LogP contribution in [-0.4, -0.2) is 46.2 Å². The zero-order valence-electron chi connectivity index (χ0n) is 15.8. The van der Waals surface area contributed by atoms with Crippen LogP contribution in [0.1, 0.15) is 63.1 Å². The monoisotopic (exact) mass is 388 g/mol. The number of aromatic nitrogens is 3. The topological polar surface area (TPSA) is 67.6 Å². The third kappa shape index (κ3) is 3.18. The van der Waals surface area contributed by atoms with E-state index in [1.807, 2.05) is 28.8 Å². The van der Waals surface area contributed by atoms with Gasteiger partial charge in [-0.05, 0) is 74.8 Å². The van der Waals surface area contributed by atoms with E-state index in [-0.39, 0.29) is 11.3 Å². The van der Waals surface area contributed by atoms with Gasteiger partial charge in [-0.3, -0.25) is 4.40 Å². The van der Waals surface area contributed by atoms with Gasteiger partial charge in [-0.15, -0.1) is 10.2 Å². The molecular formula is C20H28N4O2S. The highest BCUT2D eigenvalue weighted by Crippen LogP contribution is 2.51. The van der Waals surface area contributed by atoms with Crippen molar-refractivity contribution >= 4 is 15.7 Å². The molecule has 3 saturated carbocycles. The molecule has 2 aromatic heterocycles. The molecule has 1 atom stereocenters. The van der Waals surface area contributed by atoms with E-state index in [4.69, 9.17) is 0 Å². The number of pyridine rings is 1. The van der Waals surface area contributed by atoms with Crippen LogP contribution < -0.4 is 0 Å². The highest BCUT2D eigenvalue weighted by molar-refractivity contribution is 7.89. The van der Waals surface area contributed by atoms with Crippen molar-refractivity contribution in [3.05, 3.63) is 30.2 Å². The number of fused-ring (bicyclic) bond motifs is 4. The zero-order valence-corrected chi connectivity index (χ0v) is 16.6. The first-order valence-corrected chi connectivity index (χ1v) is 11.9. The van der Waals surface area contributed by atoms with Gasteiger partial charge in [-0.1, -0.05) is 6.07 Å². The second-order valence-electron chi connectivity index (χ2n) is 8.92. The molecule has 0 amide bonds. The van der Waals surface area contributed by atoms with E-state index in [0.717, 1.165) is 49.5 Å². The molecule has 3 heterocycles. The standard InChI is InChI=1S/C20H28N4O2S/c25-27(26,15-20-9-6-16(7-10-20)8-11-20)23-12-3-4-17(14-23)19-22-21-18-5-1-2-13-24(18)19/h1-2,5,13,16-17H,3-4,6-12,14-15H2. The minimum absolute atomic E-state index is 0.0437. The summed E-state index contributed by atoms with van der Waals surface area (Å²) in [6.07, 6.45) is 10.8. The summed E-state index contributed by atoms with van der Waals surface area (Å²) >= 11 is 0. The van der Waals surface area contributed by atoms with Gasteiger partial charge in [0, 0.05) is 25.2 Å². The smallest absolute Gasteiger partial charge is 0.214 e. The van der Waals surface area contributed by atoms with E-state index in [2.05, 4.69) is 10.2 Å². The average Bonchev–Trinajstić information content (AvgIpc) is 3.13. The van der Waals surface area contributed by atoms with Crippen molar-refractivity contribution in [2.45, 2.75) is 57.3 Å². The Balaban J connectivity index is 1.35. The van der Waals surface area contributed by atoms with Crippen LogP contribution in [-0.2, 0) is 10.0 Å². The van der Waals surface area contributed by atoms with Gasteiger partial charge in [0.1, 0.15) is 5.82 Å². The van der Waals surface area contributed by atoms with Gasteiger partial charge < -0.3 is 0 Å². The Bertz CT molecular complexity index is 917. The molecule has 0 radical (unpaired) electrons. The van der Waals surface area contributed by atoms with Gasteiger partial charge in [0.2, 0.25) is 10.0 Å². The number of nitrogens with zero attached hydrogens (tertiary/aromatic N) is 4. The molecule has 2 bridgehead atoms. The summed E-state index contributed by atoms with van der Waals surface area (Å²) in [5.74, 6) is 2.21.